The summed E-state index contributed by atoms with van der Waals surface area (Å²) in [6.07, 6.45) is 1.90. The number of nitrogens with two attached hydrogens (primary N) is 1. The van der Waals surface area contributed by atoms with Crippen molar-refractivity contribution in [2.45, 2.75) is 31.3 Å². The standard InChI is InChI=1S/C9H19N3O2/c10-4-3-8-6-11-7(5-12-8)1-2-9(13)14/h7-8,11-12H,1-6,10H2,(H,13,14)/t7-,8-/m1/s1. The molecule has 5 nitrogen and oxygen atoms in total. The van der Waals surface area contributed by atoms with Gasteiger partial charge in [0.15, 0.2) is 0 Å². The van der Waals surface area contributed by atoms with E-state index in [-0.39, 0.29) is 6.42 Å². The lowest BCUT2D eigenvalue weighted by molar-refractivity contribution is -0.137. The van der Waals surface area contributed by atoms with E-state index in [1.165, 1.54) is 0 Å². The molecule has 0 aromatic carbocycles. The highest BCUT2D eigenvalue weighted by molar-refractivity contribution is 5.66. The van der Waals surface area contributed by atoms with Crippen molar-refractivity contribution in [1.29, 1.82) is 0 Å². The molecule has 0 spiro atoms. The molecule has 0 aromatic heterocycles. The number of nitrogens with one attached hydrogen (secondary N) is 2. The van der Waals surface area contributed by atoms with Crippen molar-refractivity contribution in [3.63, 3.8) is 0 Å². The van der Waals surface area contributed by atoms with Crippen LogP contribution >= 0.6 is 0 Å². The van der Waals surface area contributed by atoms with Crippen LogP contribution in [0.5, 0.6) is 0 Å². The summed E-state index contributed by atoms with van der Waals surface area (Å²) in [7, 11) is 0. The van der Waals surface area contributed by atoms with Gasteiger partial charge >= 0.3 is 5.97 Å². The molecule has 2 atom stereocenters. The van der Waals surface area contributed by atoms with Crippen molar-refractivity contribution in [3.05, 3.63) is 0 Å². The Morgan fingerprint density at radius 2 is 1.86 bits per heavy atom. The van der Waals surface area contributed by atoms with E-state index in [0.29, 0.717) is 25.0 Å². The molecule has 1 heterocycles. The zero-order valence-corrected chi connectivity index (χ0v) is 8.33. The zero-order valence-electron chi connectivity index (χ0n) is 8.33. The SMILES string of the molecule is NCC[C@@H]1CN[C@H](CCC(=O)O)CN1. The molecule has 0 aromatic rings. The van der Waals surface area contributed by atoms with Crippen LogP contribution in [-0.2, 0) is 4.79 Å². The molecule has 5 N–H and O–H groups in total. The quantitative estimate of drug-likeness (QED) is 0.464. The molecule has 82 valence electrons. The number of hydrogen-bond acceptors (Lipinski definition) is 4. The van der Waals surface area contributed by atoms with E-state index in [4.69, 9.17) is 10.8 Å². The van der Waals surface area contributed by atoms with Gasteiger partial charge in [-0.3, -0.25) is 4.79 Å². The molecule has 0 radical (unpaired) electrons. The van der Waals surface area contributed by atoms with Crippen molar-refractivity contribution in [2.24, 2.45) is 5.73 Å². The van der Waals surface area contributed by atoms with Gasteiger partial charge in [-0.25, -0.2) is 0 Å². The van der Waals surface area contributed by atoms with Crippen molar-refractivity contribution >= 4 is 5.97 Å². The Morgan fingerprint density at radius 3 is 2.29 bits per heavy atom. The van der Waals surface area contributed by atoms with E-state index in [9.17, 15) is 4.79 Å². The van der Waals surface area contributed by atoms with Crippen LogP contribution in [0.4, 0.5) is 0 Å². The number of carboxylic acids is 1. The maximum Gasteiger partial charge on any atom is 0.303 e. The minimum atomic E-state index is -0.726. The van der Waals surface area contributed by atoms with Crippen LogP contribution in [0.3, 0.4) is 0 Å². The van der Waals surface area contributed by atoms with E-state index in [0.717, 1.165) is 19.5 Å². The highest BCUT2D eigenvalue weighted by atomic mass is 16.4. The van der Waals surface area contributed by atoms with E-state index in [1.807, 2.05) is 0 Å². The summed E-state index contributed by atoms with van der Waals surface area (Å²) >= 11 is 0. The Labute approximate surface area is 84.0 Å². The minimum absolute atomic E-state index is 0.237. The monoisotopic (exact) mass is 201 g/mol. The Kier molecular flexibility index (Phi) is 4.86. The molecular formula is C9H19N3O2. The maximum atomic E-state index is 10.3. The summed E-state index contributed by atoms with van der Waals surface area (Å²) in [6, 6.07) is 0.737. The van der Waals surface area contributed by atoms with Crippen molar-refractivity contribution < 1.29 is 9.90 Å². The first-order valence-corrected chi connectivity index (χ1v) is 5.11. The second kappa shape index (κ2) is 5.95. The van der Waals surface area contributed by atoms with Gasteiger partial charge in [-0.2, -0.15) is 0 Å². The summed E-state index contributed by atoms with van der Waals surface area (Å²) in [5.41, 5.74) is 5.45. The van der Waals surface area contributed by atoms with Gasteiger partial charge in [0, 0.05) is 31.6 Å². The van der Waals surface area contributed by atoms with E-state index in [1.54, 1.807) is 0 Å². The minimum Gasteiger partial charge on any atom is -0.481 e. The Morgan fingerprint density at radius 1 is 1.29 bits per heavy atom. The van der Waals surface area contributed by atoms with Gasteiger partial charge in [0.2, 0.25) is 0 Å². The molecule has 0 aliphatic carbocycles. The van der Waals surface area contributed by atoms with Gasteiger partial charge in [-0.05, 0) is 19.4 Å². The van der Waals surface area contributed by atoms with E-state index in [2.05, 4.69) is 10.6 Å². The van der Waals surface area contributed by atoms with Crippen LogP contribution in [0, 0.1) is 0 Å². The molecule has 1 fully saturated rings. The topological polar surface area (TPSA) is 87.4 Å². The molecule has 1 saturated heterocycles. The van der Waals surface area contributed by atoms with Crippen molar-refractivity contribution in [1.82, 2.24) is 10.6 Å². The molecule has 1 rings (SSSR count). The van der Waals surface area contributed by atoms with Crippen LogP contribution < -0.4 is 16.4 Å². The third-order valence-corrected chi connectivity index (χ3v) is 2.53. The van der Waals surface area contributed by atoms with Crippen LogP contribution in [-0.4, -0.2) is 42.8 Å². The molecule has 0 saturated carbocycles. The van der Waals surface area contributed by atoms with E-state index < -0.39 is 5.97 Å². The highest BCUT2D eigenvalue weighted by Gasteiger charge is 2.19. The maximum absolute atomic E-state index is 10.3. The zero-order chi connectivity index (χ0) is 10.4. The van der Waals surface area contributed by atoms with Crippen LogP contribution in [0.1, 0.15) is 19.3 Å². The number of carboxylic acid groups (broad SMARTS) is 1. The lowest BCUT2D eigenvalue weighted by Crippen LogP contribution is -2.54. The smallest absolute Gasteiger partial charge is 0.303 e. The molecule has 1 aliphatic heterocycles. The second-order valence-electron chi connectivity index (χ2n) is 3.72. The number of piperazine rings is 1. The lowest BCUT2D eigenvalue weighted by Gasteiger charge is -2.30. The molecule has 1 aliphatic rings. The summed E-state index contributed by atoms with van der Waals surface area (Å²) < 4.78 is 0. The van der Waals surface area contributed by atoms with Gasteiger partial charge in [0.25, 0.3) is 0 Å². The number of rotatable bonds is 5. The Hall–Kier alpha value is -0.650. The Balaban J connectivity index is 2.12. The fourth-order valence-corrected chi connectivity index (χ4v) is 1.67. The van der Waals surface area contributed by atoms with Gasteiger partial charge in [0.1, 0.15) is 0 Å². The summed E-state index contributed by atoms with van der Waals surface area (Å²) in [4.78, 5) is 10.3. The third kappa shape index (κ3) is 4.04. The van der Waals surface area contributed by atoms with Crippen LogP contribution in [0.25, 0.3) is 0 Å². The highest BCUT2D eigenvalue weighted by Crippen LogP contribution is 2.02. The van der Waals surface area contributed by atoms with E-state index >= 15 is 0 Å². The second-order valence-corrected chi connectivity index (χ2v) is 3.72. The molecule has 0 amide bonds. The number of aliphatic carboxylic acids is 1. The molecule has 0 unspecified atom stereocenters. The molecule has 0 bridgehead atoms. The Bertz CT molecular complexity index is 179. The average Bonchev–Trinajstić information content (AvgIpc) is 2.17. The first-order chi connectivity index (χ1) is 6.72. The predicted octanol–water partition coefficient (Wildman–Crippen LogP) is -0.870. The largest absolute Gasteiger partial charge is 0.481 e. The first kappa shape index (κ1) is 11.4. The van der Waals surface area contributed by atoms with Gasteiger partial charge in [-0.1, -0.05) is 0 Å². The number of carbonyl (C=O) groups is 1. The summed E-state index contributed by atoms with van der Waals surface area (Å²) in [6.45, 7) is 2.43. The van der Waals surface area contributed by atoms with Crippen molar-refractivity contribution in [2.75, 3.05) is 19.6 Å². The van der Waals surface area contributed by atoms with Gasteiger partial charge in [-0.15, -0.1) is 0 Å². The first-order valence-electron chi connectivity index (χ1n) is 5.11. The summed E-state index contributed by atoms with van der Waals surface area (Å²) in [5.74, 6) is -0.726. The molecular weight excluding hydrogens is 182 g/mol. The fraction of sp³-hybridized carbons (Fsp3) is 0.889. The fourth-order valence-electron chi connectivity index (χ4n) is 1.67. The van der Waals surface area contributed by atoms with Crippen LogP contribution in [0.2, 0.25) is 0 Å². The third-order valence-electron chi connectivity index (χ3n) is 2.53. The van der Waals surface area contributed by atoms with Gasteiger partial charge < -0.3 is 21.5 Å². The normalized spacial score (nSPS) is 27.5. The molecule has 5 heteroatoms. The lowest BCUT2D eigenvalue weighted by atomic mass is 10.1. The van der Waals surface area contributed by atoms with Gasteiger partial charge in [0.05, 0.1) is 0 Å². The van der Waals surface area contributed by atoms with Crippen molar-refractivity contribution in [3.8, 4) is 0 Å². The average molecular weight is 201 g/mol. The predicted molar refractivity (Wildman–Crippen MR) is 54.1 cm³/mol. The number of hydrogen-bond donors (Lipinski definition) is 4. The summed E-state index contributed by atoms with van der Waals surface area (Å²) in [5, 5.41) is 15.2. The van der Waals surface area contributed by atoms with Crippen LogP contribution in [0.15, 0.2) is 0 Å². The molecule has 14 heavy (non-hydrogen) atoms.